The average molecular weight is 415 g/mol. The predicted octanol–water partition coefficient (Wildman–Crippen LogP) is 4.41. The molecule has 0 saturated heterocycles. The van der Waals surface area contributed by atoms with Gasteiger partial charge in [-0.05, 0) is 23.3 Å². The zero-order chi connectivity index (χ0) is 21.1. The Bertz CT molecular complexity index is 1160. The summed E-state index contributed by atoms with van der Waals surface area (Å²) >= 11 is 5.40. The molecule has 0 aromatic heterocycles. The zero-order valence-corrected chi connectivity index (χ0v) is 16.6. The van der Waals surface area contributed by atoms with E-state index in [0.717, 1.165) is 5.56 Å². The Morgan fingerprint density at radius 2 is 1.60 bits per heavy atom. The van der Waals surface area contributed by atoms with Crippen LogP contribution in [0.15, 0.2) is 90.5 Å². The van der Waals surface area contributed by atoms with Gasteiger partial charge in [-0.3, -0.25) is 14.9 Å². The van der Waals surface area contributed by atoms with Gasteiger partial charge in [-0.2, -0.15) is 0 Å². The third kappa shape index (κ3) is 3.83. The van der Waals surface area contributed by atoms with Crippen LogP contribution in [0.25, 0.3) is 5.70 Å². The van der Waals surface area contributed by atoms with Crippen LogP contribution in [0.2, 0.25) is 0 Å². The first kappa shape index (κ1) is 19.5. The molecule has 1 aliphatic rings. The van der Waals surface area contributed by atoms with Gasteiger partial charge < -0.3 is 10.6 Å². The summed E-state index contributed by atoms with van der Waals surface area (Å²) in [5, 5.41) is 17.9. The molecule has 0 spiro atoms. The number of carbonyl (C=O) groups excluding carboxylic acids is 1. The fourth-order valence-corrected chi connectivity index (χ4v) is 3.67. The van der Waals surface area contributed by atoms with Crippen molar-refractivity contribution in [1.29, 1.82) is 0 Å². The van der Waals surface area contributed by atoms with Crippen molar-refractivity contribution in [2.75, 3.05) is 0 Å². The molecule has 0 fully saturated rings. The molecule has 0 saturated carbocycles. The number of thiocarbonyl (C=S) groups is 1. The first-order valence-corrected chi connectivity index (χ1v) is 9.66. The summed E-state index contributed by atoms with van der Waals surface area (Å²) in [6.45, 7) is 0. The van der Waals surface area contributed by atoms with Gasteiger partial charge in [0.15, 0.2) is 10.9 Å². The SMILES string of the molecule is O=C(C1=C(c2ccccc2)NC(=S)NC1c1cccc([N+](=O)[O-])c1)c1ccccc1. The van der Waals surface area contributed by atoms with Crippen LogP contribution < -0.4 is 10.6 Å². The van der Waals surface area contributed by atoms with E-state index in [9.17, 15) is 14.9 Å². The molecule has 7 heteroatoms. The van der Waals surface area contributed by atoms with Crippen molar-refractivity contribution in [3.63, 3.8) is 0 Å². The number of ketones is 1. The molecule has 2 N–H and O–H groups in total. The van der Waals surface area contributed by atoms with Crippen LogP contribution in [-0.2, 0) is 0 Å². The third-order valence-electron chi connectivity index (χ3n) is 4.83. The van der Waals surface area contributed by atoms with Crippen molar-refractivity contribution in [2.24, 2.45) is 0 Å². The minimum Gasteiger partial charge on any atom is -0.351 e. The minimum absolute atomic E-state index is 0.0495. The normalized spacial score (nSPS) is 15.9. The number of rotatable bonds is 5. The molecule has 1 heterocycles. The Labute approximate surface area is 178 Å². The molecule has 0 amide bonds. The summed E-state index contributed by atoms with van der Waals surface area (Å²) < 4.78 is 0. The van der Waals surface area contributed by atoms with Crippen LogP contribution in [0.5, 0.6) is 0 Å². The van der Waals surface area contributed by atoms with E-state index >= 15 is 0 Å². The standard InChI is InChI=1S/C23H17N3O3S/c27-22(16-10-5-2-6-11-16)19-20(15-8-3-1-4-9-15)24-23(30)25-21(19)17-12-7-13-18(14-17)26(28)29/h1-14,21H,(H2,24,25,30). The molecular weight excluding hydrogens is 398 g/mol. The topological polar surface area (TPSA) is 84.3 Å². The summed E-state index contributed by atoms with van der Waals surface area (Å²) in [6, 6.07) is 23.9. The van der Waals surface area contributed by atoms with Gasteiger partial charge in [0.1, 0.15) is 0 Å². The van der Waals surface area contributed by atoms with Crippen molar-refractivity contribution in [1.82, 2.24) is 10.6 Å². The second-order valence-electron chi connectivity index (χ2n) is 6.73. The average Bonchev–Trinajstić information content (AvgIpc) is 2.79. The maximum atomic E-state index is 13.6. The van der Waals surface area contributed by atoms with E-state index in [4.69, 9.17) is 12.2 Å². The van der Waals surface area contributed by atoms with Gasteiger partial charge in [0, 0.05) is 17.7 Å². The largest absolute Gasteiger partial charge is 0.351 e. The van der Waals surface area contributed by atoms with Gasteiger partial charge in [-0.1, -0.05) is 72.8 Å². The van der Waals surface area contributed by atoms with Crippen LogP contribution in [0.1, 0.15) is 27.5 Å². The van der Waals surface area contributed by atoms with Crippen LogP contribution in [-0.4, -0.2) is 15.8 Å². The molecule has 0 bridgehead atoms. The van der Waals surface area contributed by atoms with Gasteiger partial charge in [0.25, 0.3) is 5.69 Å². The summed E-state index contributed by atoms with van der Waals surface area (Å²) in [5.74, 6) is -0.187. The molecule has 6 nitrogen and oxygen atoms in total. The molecule has 1 aliphatic heterocycles. The second-order valence-corrected chi connectivity index (χ2v) is 7.14. The summed E-state index contributed by atoms with van der Waals surface area (Å²) in [7, 11) is 0. The molecule has 1 unspecified atom stereocenters. The quantitative estimate of drug-likeness (QED) is 0.278. The fraction of sp³-hybridized carbons (Fsp3) is 0.0435. The molecule has 0 aliphatic carbocycles. The van der Waals surface area contributed by atoms with E-state index in [-0.39, 0.29) is 11.5 Å². The number of hydrogen-bond acceptors (Lipinski definition) is 4. The summed E-state index contributed by atoms with van der Waals surface area (Å²) in [4.78, 5) is 24.4. The summed E-state index contributed by atoms with van der Waals surface area (Å²) in [5.41, 5.74) is 2.89. The van der Waals surface area contributed by atoms with E-state index in [1.54, 1.807) is 36.4 Å². The van der Waals surface area contributed by atoms with Crippen molar-refractivity contribution in [2.45, 2.75) is 6.04 Å². The minimum atomic E-state index is -0.637. The van der Waals surface area contributed by atoms with Crippen molar-refractivity contribution >= 4 is 34.5 Å². The molecular formula is C23H17N3O3S. The van der Waals surface area contributed by atoms with E-state index in [2.05, 4.69) is 10.6 Å². The Kier molecular flexibility index (Phi) is 5.36. The molecule has 148 valence electrons. The molecule has 3 aromatic carbocycles. The number of nitrogens with one attached hydrogen (secondary N) is 2. The molecule has 3 aromatic rings. The summed E-state index contributed by atoms with van der Waals surface area (Å²) in [6.07, 6.45) is 0. The van der Waals surface area contributed by atoms with Crippen molar-refractivity contribution in [3.8, 4) is 0 Å². The Hall–Kier alpha value is -3.84. The predicted molar refractivity (Wildman–Crippen MR) is 119 cm³/mol. The highest BCUT2D eigenvalue weighted by molar-refractivity contribution is 7.80. The van der Waals surface area contributed by atoms with Gasteiger partial charge in [0.2, 0.25) is 0 Å². The lowest BCUT2D eigenvalue weighted by Gasteiger charge is -2.31. The number of non-ortho nitro benzene ring substituents is 1. The number of nitro groups is 1. The number of carbonyl (C=O) groups is 1. The van der Waals surface area contributed by atoms with Crippen molar-refractivity contribution < 1.29 is 9.72 Å². The van der Waals surface area contributed by atoms with Crippen LogP contribution >= 0.6 is 12.2 Å². The van der Waals surface area contributed by atoms with Gasteiger partial charge in [0.05, 0.1) is 22.2 Å². The van der Waals surface area contributed by atoms with Crippen LogP contribution in [0.3, 0.4) is 0 Å². The van der Waals surface area contributed by atoms with Crippen LogP contribution in [0.4, 0.5) is 5.69 Å². The third-order valence-corrected chi connectivity index (χ3v) is 5.05. The van der Waals surface area contributed by atoms with Crippen LogP contribution in [0, 0.1) is 10.1 Å². The number of nitro benzene ring substituents is 1. The fourth-order valence-electron chi connectivity index (χ4n) is 3.45. The maximum Gasteiger partial charge on any atom is 0.269 e. The van der Waals surface area contributed by atoms with Gasteiger partial charge >= 0.3 is 0 Å². The Morgan fingerprint density at radius 3 is 2.27 bits per heavy atom. The Morgan fingerprint density at radius 1 is 0.933 bits per heavy atom. The van der Waals surface area contributed by atoms with E-state index in [1.807, 2.05) is 36.4 Å². The highest BCUT2D eigenvalue weighted by Crippen LogP contribution is 2.34. The first-order valence-electron chi connectivity index (χ1n) is 9.26. The van der Waals surface area contributed by atoms with E-state index in [0.29, 0.717) is 27.5 Å². The lowest BCUT2D eigenvalue weighted by molar-refractivity contribution is -0.384. The molecule has 0 radical (unpaired) electrons. The smallest absolute Gasteiger partial charge is 0.269 e. The lowest BCUT2D eigenvalue weighted by atomic mass is 9.87. The number of Topliss-reactive ketones (excluding diaryl/α,β-unsaturated/α-hetero) is 1. The highest BCUT2D eigenvalue weighted by atomic mass is 32.1. The maximum absolute atomic E-state index is 13.6. The van der Waals surface area contributed by atoms with Gasteiger partial charge in [-0.15, -0.1) is 0 Å². The number of benzene rings is 3. The van der Waals surface area contributed by atoms with Crippen molar-refractivity contribution in [3.05, 3.63) is 117 Å². The lowest BCUT2D eigenvalue weighted by Crippen LogP contribution is -2.44. The first-order chi connectivity index (χ1) is 14.5. The van der Waals surface area contributed by atoms with Gasteiger partial charge in [-0.25, -0.2) is 0 Å². The Balaban J connectivity index is 1.93. The number of hydrogen-bond donors (Lipinski definition) is 2. The monoisotopic (exact) mass is 415 g/mol. The van der Waals surface area contributed by atoms with E-state index in [1.165, 1.54) is 12.1 Å². The zero-order valence-electron chi connectivity index (χ0n) is 15.7. The molecule has 1 atom stereocenters. The number of nitrogens with zero attached hydrogens (tertiary/aromatic N) is 1. The molecule has 4 rings (SSSR count). The molecule has 30 heavy (non-hydrogen) atoms. The van der Waals surface area contributed by atoms with E-state index < -0.39 is 11.0 Å². The second kappa shape index (κ2) is 8.26. The highest BCUT2D eigenvalue weighted by Gasteiger charge is 2.33.